The molecule has 1 amide bonds. The highest BCUT2D eigenvalue weighted by Gasteiger charge is 2.40. The van der Waals surface area contributed by atoms with Crippen LogP contribution in [0.2, 0.25) is 0 Å². The second-order valence-corrected chi connectivity index (χ2v) is 9.38. The van der Waals surface area contributed by atoms with E-state index in [-0.39, 0.29) is 36.3 Å². The first-order chi connectivity index (χ1) is 16.5. The minimum atomic E-state index is -0.797. The molecule has 0 aliphatic carbocycles. The van der Waals surface area contributed by atoms with Crippen molar-refractivity contribution in [3.63, 3.8) is 0 Å². The van der Waals surface area contributed by atoms with Gasteiger partial charge in [-0.25, -0.2) is 13.9 Å². The Bertz CT molecular complexity index is 1190. The second-order valence-electron chi connectivity index (χ2n) is 9.38. The average molecular weight is 487 g/mol. The highest BCUT2D eigenvalue weighted by atomic mass is 19.1. The van der Waals surface area contributed by atoms with E-state index in [0.717, 1.165) is 11.6 Å². The fourth-order valence-electron chi connectivity index (χ4n) is 3.85. The molecule has 0 radical (unpaired) electrons. The quantitative estimate of drug-likeness (QED) is 0.486. The summed E-state index contributed by atoms with van der Waals surface area (Å²) in [5.41, 5.74) is 1.03. The van der Waals surface area contributed by atoms with E-state index in [1.165, 1.54) is 17.0 Å². The van der Waals surface area contributed by atoms with Crippen molar-refractivity contribution in [2.24, 2.45) is 0 Å². The van der Waals surface area contributed by atoms with Gasteiger partial charge in [-0.15, -0.1) is 0 Å². The van der Waals surface area contributed by atoms with Crippen LogP contribution in [-0.4, -0.2) is 50.2 Å². The Kier molecular flexibility index (Phi) is 6.70. The van der Waals surface area contributed by atoms with E-state index in [0.29, 0.717) is 5.69 Å². The fourth-order valence-corrected chi connectivity index (χ4v) is 3.85. The molecule has 0 spiro atoms. The molecule has 1 aromatic carbocycles. The molecule has 9 nitrogen and oxygen atoms in total. The van der Waals surface area contributed by atoms with Crippen molar-refractivity contribution < 1.29 is 23.0 Å². The number of carbonyl (C=O) groups is 1. The van der Waals surface area contributed by atoms with Gasteiger partial charge in [-0.3, -0.25) is 4.90 Å². The molecule has 0 saturated carbocycles. The van der Waals surface area contributed by atoms with Gasteiger partial charge in [-0.1, -0.05) is 0 Å². The molecule has 3 atom stereocenters. The van der Waals surface area contributed by atoms with Crippen molar-refractivity contribution in [2.45, 2.75) is 58.4 Å². The van der Waals surface area contributed by atoms with Gasteiger partial charge >= 0.3 is 6.09 Å². The molecular formula is C24H28F2N6O3. The van der Waals surface area contributed by atoms with Crippen LogP contribution in [0.1, 0.15) is 46.2 Å². The van der Waals surface area contributed by atoms with Crippen molar-refractivity contribution in [3.8, 4) is 5.69 Å². The topological polar surface area (TPSA) is 94.4 Å². The van der Waals surface area contributed by atoms with E-state index in [1.54, 1.807) is 29.2 Å². The molecule has 3 aromatic rings. The maximum atomic E-state index is 14.5. The molecule has 1 fully saturated rings. The molecule has 3 heterocycles. The minimum Gasteiger partial charge on any atom is -0.447 e. The Hall–Kier alpha value is -3.60. The monoisotopic (exact) mass is 486 g/mol. The van der Waals surface area contributed by atoms with Gasteiger partial charge in [-0.05, 0) is 58.9 Å². The van der Waals surface area contributed by atoms with Crippen LogP contribution in [0.5, 0.6) is 0 Å². The first-order valence-electron chi connectivity index (χ1n) is 11.3. The Morgan fingerprint density at radius 3 is 2.57 bits per heavy atom. The van der Waals surface area contributed by atoms with E-state index in [9.17, 15) is 13.6 Å². The highest BCUT2D eigenvalue weighted by molar-refractivity contribution is 5.89. The number of ether oxygens (including phenoxy) is 2. The summed E-state index contributed by atoms with van der Waals surface area (Å²) in [6.45, 7) is 9.52. The number of benzene rings is 1. The van der Waals surface area contributed by atoms with Crippen LogP contribution in [-0.2, 0) is 9.47 Å². The number of rotatable bonds is 7. The zero-order valence-corrected chi connectivity index (χ0v) is 20.2. The van der Waals surface area contributed by atoms with Gasteiger partial charge in [0.2, 0.25) is 11.9 Å². The van der Waals surface area contributed by atoms with Gasteiger partial charge in [0.05, 0.1) is 29.6 Å². The van der Waals surface area contributed by atoms with Gasteiger partial charge in [0.25, 0.3) is 0 Å². The molecule has 1 aliphatic heterocycles. The molecule has 11 heteroatoms. The Balaban J connectivity index is 1.53. The number of halogens is 2. The van der Waals surface area contributed by atoms with E-state index in [2.05, 4.69) is 20.4 Å². The molecule has 1 unspecified atom stereocenters. The lowest BCUT2D eigenvalue weighted by molar-refractivity contribution is -0.0618. The van der Waals surface area contributed by atoms with Gasteiger partial charge in [0.15, 0.2) is 0 Å². The van der Waals surface area contributed by atoms with Crippen LogP contribution in [0.3, 0.4) is 0 Å². The Morgan fingerprint density at radius 2 is 1.89 bits per heavy atom. The SMILES string of the molecule is C[C@H](Nc1nc(F)cc(N2C(=O)OCC2[C@@H](C)OC(C)(C)C)n1)c1cnn(-c2ccc(F)cc2)c1. The summed E-state index contributed by atoms with van der Waals surface area (Å²) >= 11 is 0. The standard InChI is InChI=1S/C24H28F2N6O3/c1-14(16-11-27-31(12-16)18-8-6-17(25)7-9-18)28-22-29-20(26)10-21(30-22)32-19(13-34-23(32)33)15(2)35-24(3,4)5/h6-12,14-15,19H,13H2,1-5H3,(H,28,29,30)/t14-,15+,19?/m0/s1. The van der Waals surface area contributed by atoms with Crippen LogP contribution >= 0.6 is 0 Å². The number of hydrogen-bond donors (Lipinski definition) is 1. The van der Waals surface area contributed by atoms with Crippen LogP contribution in [0, 0.1) is 11.8 Å². The van der Waals surface area contributed by atoms with Gasteiger partial charge in [0, 0.05) is 17.8 Å². The van der Waals surface area contributed by atoms with E-state index in [1.807, 2.05) is 34.6 Å². The summed E-state index contributed by atoms with van der Waals surface area (Å²) in [6.07, 6.45) is 2.40. The zero-order chi connectivity index (χ0) is 25.3. The van der Waals surface area contributed by atoms with Crippen LogP contribution in [0.15, 0.2) is 42.7 Å². The lowest BCUT2D eigenvalue weighted by Gasteiger charge is -2.31. The van der Waals surface area contributed by atoms with E-state index in [4.69, 9.17) is 9.47 Å². The fraction of sp³-hybridized carbons (Fsp3) is 0.417. The Labute approximate surface area is 202 Å². The summed E-state index contributed by atoms with van der Waals surface area (Å²) in [4.78, 5) is 22.0. The summed E-state index contributed by atoms with van der Waals surface area (Å²) in [6, 6.07) is 6.20. The number of amides is 1. The van der Waals surface area contributed by atoms with Crippen molar-refractivity contribution in [1.82, 2.24) is 19.7 Å². The maximum absolute atomic E-state index is 14.5. The van der Waals surface area contributed by atoms with Crippen LogP contribution in [0.25, 0.3) is 5.69 Å². The van der Waals surface area contributed by atoms with Crippen LogP contribution < -0.4 is 10.2 Å². The van der Waals surface area contributed by atoms with Crippen molar-refractivity contribution in [2.75, 3.05) is 16.8 Å². The third-order valence-corrected chi connectivity index (χ3v) is 5.45. The number of nitrogens with zero attached hydrogens (tertiary/aromatic N) is 5. The summed E-state index contributed by atoms with van der Waals surface area (Å²) in [5.74, 6) is -1.05. The predicted molar refractivity (Wildman–Crippen MR) is 125 cm³/mol. The molecular weight excluding hydrogens is 458 g/mol. The zero-order valence-electron chi connectivity index (χ0n) is 20.2. The molecule has 1 saturated heterocycles. The molecule has 1 N–H and O–H groups in total. The number of aromatic nitrogens is 4. The van der Waals surface area contributed by atoms with Crippen molar-refractivity contribution in [1.29, 1.82) is 0 Å². The molecule has 0 bridgehead atoms. The van der Waals surface area contributed by atoms with Crippen LogP contribution in [0.4, 0.5) is 25.3 Å². The molecule has 2 aromatic heterocycles. The maximum Gasteiger partial charge on any atom is 0.416 e. The number of carbonyl (C=O) groups excluding carboxylic acids is 1. The summed E-state index contributed by atoms with van der Waals surface area (Å²) in [5, 5.41) is 7.35. The largest absolute Gasteiger partial charge is 0.447 e. The summed E-state index contributed by atoms with van der Waals surface area (Å²) < 4.78 is 40.5. The highest BCUT2D eigenvalue weighted by Crippen LogP contribution is 2.28. The third-order valence-electron chi connectivity index (χ3n) is 5.45. The molecule has 35 heavy (non-hydrogen) atoms. The average Bonchev–Trinajstić information content (AvgIpc) is 3.40. The van der Waals surface area contributed by atoms with E-state index < -0.39 is 23.7 Å². The van der Waals surface area contributed by atoms with Crippen molar-refractivity contribution in [3.05, 3.63) is 60.1 Å². The smallest absolute Gasteiger partial charge is 0.416 e. The lowest BCUT2D eigenvalue weighted by Crippen LogP contribution is -2.45. The second kappa shape index (κ2) is 9.57. The number of nitrogens with one attached hydrogen (secondary N) is 1. The molecule has 1 aliphatic rings. The lowest BCUT2D eigenvalue weighted by atomic mass is 10.1. The number of hydrogen-bond acceptors (Lipinski definition) is 7. The summed E-state index contributed by atoms with van der Waals surface area (Å²) in [7, 11) is 0. The number of cyclic esters (lactones) is 1. The Morgan fingerprint density at radius 1 is 1.17 bits per heavy atom. The predicted octanol–water partition coefficient (Wildman–Crippen LogP) is 4.64. The molecule has 4 rings (SSSR count). The van der Waals surface area contributed by atoms with Gasteiger partial charge in [0.1, 0.15) is 24.3 Å². The van der Waals surface area contributed by atoms with Crippen molar-refractivity contribution >= 4 is 17.9 Å². The minimum absolute atomic E-state index is 0.00451. The number of anilines is 2. The van der Waals surface area contributed by atoms with Gasteiger partial charge in [-0.2, -0.15) is 19.5 Å². The molecule has 186 valence electrons. The first kappa shape index (κ1) is 24.5. The third kappa shape index (κ3) is 5.73. The van der Waals surface area contributed by atoms with E-state index >= 15 is 0 Å². The first-order valence-corrected chi connectivity index (χ1v) is 11.3. The normalized spacial score (nSPS) is 17.9. The van der Waals surface area contributed by atoms with Gasteiger partial charge < -0.3 is 14.8 Å².